The summed E-state index contributed by atoms with van der Waals surface area (Å²) in [5.41, 5.74) is 4.72. The average molecular weight is 431 g/mol. The summed E-state index contributed by atoms with van der Waals surface area (Å²) in [7, 11) is 1.61. The van der Waals surface area contributed by atoms with Gasteiger partial charge in [0.1, 0.15) is 5.78 Å². The quantitative estimate of drug-likeness (QED) is 0.633. The van der Waals surface area contributed by atoms with Gasteiger partial charge < -0.3 is 14.8 Å². The lowest BCUT2D eigenvalue weighted by molar-refractivity contribution is -0.120. The van der Waals surface area contributed by atoms with Gasteiger partial charge in [0.25, 0.3) is 5.91 Å². The Morgan fingerprint density at radius 2 is 1.88 bits per heavy atom. The van der Waals surface area contributed by atoms with Crippen molar-refractivity contribution in [3.05, 3.63) is 77.1 Å². The van der Waals surface area contributed by atoms with Crippen molar-refractivity contribution < 1.29 is 20.5 Å². The number of nitrogens with zero attached hydrogens (tertiary/aromatic N) is 1. The summed E-state index contributed by atoms with van der Waals surface area (Å²) < 4.78 is 10.9. The number of Topliss-reactive ketones (excluding diaryl/α,β-unsaturated/α-hetero) is 1. The van der Waals surface area contributed by atoms with E-state index in [2.05, 4.69) is 10.3 Å². The van der Waals surface area contributed by atoms with Crippen LogP contribution < -0.4 is 14.8 Å². The molecule has 0 atom stereocenters. The maximum Gasteiger partial charge on any atom is 0.251 e. The average Bonchev–Trinajstić information content (AvgIpc) is 3.50. The molecular formula is C26H26N2O4. The third-order valence-electron chi connectivity index (χ3n) is 6.41. The number of ketones is 1. The van der Waals surface area contributed by atoms with E-state index in [9.17, 15) is 9.59 Å². The molecule has 6 nitrogen and oxygen atoms in total. The van der Waals surface area contributed by atoms with Crippen LogP contribution in [0.1, 0.15) is 41.4 Å². The van der Waals surface area contributed by atoms with Gasteiger partial charge in [0, 0.05) is 32.2 Å². The Morgan fingerprint density at radius 3 is 2.62 bits per heavy atom. The standard InChI is InChI=1S/C26H24N2O4.H2/c1-16-10-19(17-4-3-5-18(11-17)25(30)27-2)14-28-21(16)13-24(29)26(8-9-26)20-6-7-22-23(12-20)32-15-31-22;/h3-7,10-12,14H,8-9,13,15H2,1-2H3,(H,27,30);1H. The van der Waals surface area contributed by atoms with Crippen LogP contribution in [0.15, 0.2) is 54.7 Å². The SMILES string of the molecule is CNC(=O)c1cccc(-c2cnc(CC(=O)C3(c4ccc5c(c4)OCO5)CC3)c(C)c2)c1.[HH]. The lowest BCUT2D eigenvalue weighted by Gasteiger charge is -2.16. The number of carbonyl (C=O) groups excluding carboxylic acids is 2. The van der Waals surface area contributed by atoms with Crippen molar-refractivity contribution in [3.8, 4) is 22.6 Å². The number of aromatic nitrogens is 1. The molecular weight excluding hydrogens is 404 g/mol. The molecule has 32 heavy (non-hydrogen) atoms. The lowest BCUT2D eigenvalue weighted by atomic mass is 9.88. The van der Waals surface area contributed by atoms with Crippen molar-refractivity contribution in [3.63, 3.8) is 0 Å². The number of fused-ring (bicyclic) bond motifs is 1. The molecule has 164 valence electrons. The number of carbonyl (C=O) groups is 2. The molecule has 2 aliphatic rings. The normalized spacial score (nSPS) is 15.3. The van der Waals surface area contributed by atoms with Crippen molar-refractivity contribution in [2.24, 2.45) is 0 Å². The van der Waals surface area contributed by atoms with Crippen LogP contribution in [0.3, 0.4) is 0 Å². The molecule has 5 rings (SSSR count). The second kappa shape index (κ2) is 7.79. The van der Waals surface area contributed by atoms with Crippen molar-refractivity contribution in [1.82, 2.24) is 10.3 Å². The van der Waals surface area contributed by atoms with Gasteiger partial charge in [-0.25, -0.2) is 0 Å². The number of nitrogens with one attached hydrogen (secondary N) is 1. The zero-order valence-electron chi connectivity index (χ0n) is 18.1. The minimum absolute atomic E-state index is 0. The molecule has 1 N–H and O–H groups in total. The van der Waals surface area contributed by atoms with Gasteiger partial charge in [-0.1, -0.05) is 18.2 Å². The first-order chi connectivity index (χ1) is 15.5. The monoisotopic (exact) mass is 430 g/mol. The molecule has 0 bridgehead atoms. The molecule has 0 saturated heterocycles. The first-order valence-electron chi connectivity index (χ1n) is 10.7. The summed E-state index contributed by atoms with van der Waals surface area (Å²) in [6.45, 7) is 2.20. The van der Waals surface area contributed by atoms with Gasteiger partial charge in [-0.3, -0.25) is 14.6 Å². The highest BCUT2D eigenvalue weighted by molar-refractivity contribution is 5.96. The van der Waals surface area contributed by atoms with Crippen LogP contribution in [0.5, 0.6) is 11.5 Å². The number of rotatable bonds is 6. The Bertz CT molecular complexity index is 1240. The molecule has 0 spiro atoms. The Kier molecular flexibility index (Phi) is 4.93. The minimum Gasteiger partial charge on any atom is -0.454 e. The van der Waals surface area contributed by atoms with Gasteiger partial charge in [0.05, 0.1) is 11.1 Å². The van der Waals surface area contributed by atoms with Crippen LogP contribution in [0.4, 0.5) is 0 Å². The van der Waals surface area contributed by atoms with Crippen molar-refractivity contribution in [1.29, 1.82) is 0 Å². The Balaban J connectivity index is 0.00000259. The van der Waals surface area contributed by atoms with Gasteiger partial charge in [-0.2, -0.15) is 0 Å². The van der Waals surface area contributed by atoms with Crippen LogP contribution in [0.2, 0.25) is 0 Å². The molecule has 1 aromatic heterocycles. The van der Waals surface area contributed by atoms with Gasteiger partial charge in [-0.05, 0) is 66.8 Å². The summed E-state index contributed by atoms with van der Waals surface area (Å²) in [4.78, 5) is 29.9. The van der Waals surface area contributed by atoms with E-state index in [0.717, 1.165) is 46.5 Å². The van der Waals surface area contributed by atoms with Gasteiger partial charge in [-0.15, -0.1) is 0 Å². The van der Waals surface area contributed by atoms with E-state index in [0.29, 0.717) is 17.7 Å². The number of ether oxygens (including phenoxy) is 2. The Labute approximate surface area is 188 Å². The highest BCUT2D eigenvalue weighted by Gasteiger charge is 2.51. The van der Waals surface area contributed by atoms with Gasteiger partial charge in [0.15, 0.2) is 11.5 Å². The second-order valence-electron chi connectivity index (χ2n) is 8.40. The molecule has 2 heterocycles. The maximum atomic E-state index is 13.3. The van der Waals surface area contributed by atoms with Crippen LogP contribution in [-0.4, -0.2) is 30.5 Å². The molecule has 6 heteroatoms. The molecule has 1 aliphatic carbocycles. The van der Waals surface area contributed by atoms with Crippen LogP contribution in [0.25, 0.3) is 11.1 Å². The van der Waals surface area contributed by atoms with Crippen molar-refractivity contribution in [2.45, 2.75) is 31.6 Å². The number of aryl methyl sites for hydroxylation is 1. The molecule has 0 radical (unpaired) electrons. The first kappa shape index (κ1) is 20.2. The largest absolute Gasteiger partial charge is 0.454 e. The summed E-state index contributed by atoms with van der Waals surface area (Å²) in [5, 5.41) is 2.64. The van der Waals surface area contributed by atoms with Crippen molar-refractivity contribution >= 4 is 11.7 Å². The van der Waals surface area contributed by atoms with E-state index in [1.54, 1.807) is 19.3 Å². The van der Waals surface area contributed by atoms with Crippen LogP contribution in [-0.2, 0) is 16.6 Å². The molecule has 1 fully saturated rings. The molecule has 1 saturated carbocycles. The smallest absolute Gasteiger partial charge is 0.251 e. The summed E-state index contributed by atoms with van der Waals surface area (Å²) in [6.07, 6.45) is 3.75. The van der Waals surface area contributed by atoms with Crippen LogP contribution >= 0.6 is 0 Å². The zero-order valence-corrected chi connectivity index (χ0v) is 18.1. The van der Waals surface area contributed by atoms with Crippen molar-refractivity contribution in [2.75, 3.05) is 13.8 Å². The number of hydrogen-bond donors (Lipinski definition) is 1. The number of hydrogen-bond acceptors (Lipinski definition) is 5. The zero-order chi connectivity index (χ0) is 22.3. The summed E-state index contributed by atoms with van der Waals surface area (Å²) >= 11 is 0. The number of pyridine rings is 1. The van der Waals surface area contributed by atoms with Crippen LogP contribution in [0, 0.1) is 6.92 Å². The summed E-state index contributed by atoms with van der Waals surface area (Å²) in [5.74, 6) is 1.49. The van der Waals surface area contributed by atoms with Gasteiger partial charge in [0.2, 0.25) is 6.79 Å². The first-order valence-corrected chi connectivity index (χ1v) is 10.7. The minimum atomic E-state index is -0.449. The topological polar surface area (TPSA) is 77.5 Å². The van der Waals surface area contributed by atoms with E-state index < -0.39 is 5.41 Å². The predicted molar refractivity (Wildman–Crippen MR) is 122 cm³/mol. The Morgan fingerprint density at radius 1 is 1.06 bits per heavy atom. The number of amides is 1. The fraction of sp³-hybridized carbons (Fsp3) is 0.269. The second-order valence-corrected chi connectivity index (χ2v) is 8.40. The highest BCUT2D eigenvalue weighted by Crippen LogP contribution is 2.51. The third-order valence-corrected chi connectivity index (χ3v) is 6.41. The molecule has 3 aromatic rings. The molecule has 1 aliphatic heterocycles. The van der Waals surface area contributed by atoms with E-state index in [1.165, 1.54) is 0 Å². The maximum absolute atomic E-state index is 13.3. The Hall–Kier alpha value is -3.67. The predicted octanol–water partition coefficient (Wildman–Crippen LogP) is 4.23. The summed E-state index contributed by atoms with van der Waals surface area (Å²) in [6, 6.07) is 15.3. The fourth-order valence-corrected chi connectivity index (χ4v) is 4.30. The highest BCUT2D eigenvalue weighted by atomic mass is 16.7. The molecule has 2 aromatic carbocycles. The fourth-order valence-electron chi connectivity index (χ4n) is 4.30. The molecule has 0 unspecified atom stereocenters. The number of benzene rings is 2. The van der Waals surface area contributed by atoms with E-state index in [4.69, 9.17) is 9.47 Å². The lowest BCUT2D eigenvalue weighted by Crippen LogP contribution is -2.23. The van der Waals surface area contributed by atoms with Gasteiger partial charge >= 0.3 is 0 Å². The van der Waals surface area contributed by atoms with E-state index >= 15 is 0 Å². The molecule has 1 amide bonds. The van der Waals surface area contributed by atoms with E-state index in [1.807, 2.05) is 49.4 Å². The van der Waals surface area contributed by atoms with E-state index in [-0.39, 0.29) is 19.9 Å². The third kappa shape index (κ3) is 3.51.